The molecule has 0 fully saturated rings. The first kappa shape index (κ1) is 14.9. The monoisotopic (exact) mass is 293 g/mol. The fourth-order valence-electron chi connectivity index (χ4n) is 1.82. The molecule has 0 atom stereocenters. The van der Waals surface area contributed by atoms with E-state index < -0.39 is 0 Å². The quantitative estimate of drug-likeness (QED) is 0.933. The average molecular weight is 294 g/mol. The number of halogens is 2. The Morgan fingerprint density at radius 2 is 2.00 bits per heavy atom. The van der Waals surface area contributed by atoms with Crippen molar-refractivity contribution >= 4 is 11.6 Å². The van der Waals surface area contributed by atoms with Crippen molar-refractivity contribution < 1.29 is 4.39 Å². The Morgan fingerprint density at radius 1 is 1.25 bits per heavy atom. The summed E-state index contributed by atoms with van der Waals surface area (Å²) in [4.78, 5) is 8.86. The second-order valence-electron chi connectivity index (χ2n) is 4.98. The van der Waals surface area contributed by atoms with Crippen molar-refractivity contribution in [2.24, 2.45) is 0 Å². The second-order valence-corrected chi connectivity index (χ2v) is 5.39. The van der Waals surface area contributed by atoms with Crippen molar-refractivity contribution in [3.63, 3.8) is 0 Å². The van der Waals surface area contributed by atoms with Gasteiger partial charge in [-0.2, -0.15) is 0 Å². The van der Waals surface area contributed by atoms with E-state index in [0.29, 0.717) is 29.0 Å². The predicted molar refractivity (Wildman–Crippen MR) is 79.1 cm³/mol. The molecule has 1 aromatic heterocycles. The number of benzene rings is 1. The fraction of sp³-hybridized carbons (Fsp3) is 0.333. The highest BCUT2D eigenvalue weighted by Gasteiger charge is 2.10. The fourth-order valence-corrected chi connectivity index (χ4v) is 2.08. The van der Waals surface area contributed by atoms with E-state index in [-0.39, 0.29) is 5.82 Å². The lowest BCUT2D eigenvalue weighted by Gasteiger charge is -2.10. The van der Waals surface area contributed by atoms with Crippen LogP contribution in [-0.2, 0) is 6.54 Å². The van der Waals surface area contributed by atoms with Gasteiger partial charge in [0.2, 0.25) is 0 Å². The van der Waals surface area contributed by atoms with Crippen molar-refractivity contribution in [3.05, 3.63) is 46.5 Å². The zero-order valence-corrected chi connectivity index (χ0v) is 12.5. The smallest absolute Gasteiger partial charge is 0.161 e. The Hall–Kier alpha value is -1.52. The normalized spacial score (nSPS) is 11.1. The predicted octanol–water partition coefficient (Wildman–Crippen LogP) is 3.74. The lowest BCUT2D eigenvalue weighted by Crippen LogP contribution is -2.22. The van der Waals surface area contributed by atoms with E-state index in [9.17, 15) is 4.39 Å². The SMILES string of the molecule is Cc1cc(CNC(C)C)nc(-c2ccc(F)cc2Cl)n1. The molecule has 0 bridgehead atoms. The molecule has 1 N–H and O–H groups in total. The molecule has 3 nitrogen and oxygen atoms in total. The van der Waals surface area contributed by atoms with Crippen LogP contribution in [-0.4, -0.2) is 16.0 Å². The summed E-state index contributed by atoms with van der Waals surface area (Å²) in [7, 11) is 0. The molecule has 0 saturated heterocycles. The largest absolute Gasteiger partial charge is 0.309 e. The number of hydrogen-bond acceptors (Lipinski definition) is 3. The van der Waals surface area contributed by atoms with E-state index in [1.165, 1.54) is 12.1 Å². The van der Waals surface area contributed by atoms with Crippen LogP contribution in [0.25, 0.3) is 11.4 Å². The minimum atomic E-state index is -0.367. The molecule has 2 aromatic rings. The average Bonchev–Trinajstić information content (AvgIpc) is 2.35. The molecule has 2 rings (SSSR count). The molecule has 0 amide bonds. The summed E-state index contributed by atoms with van der Waals surface area (Å²) >= 11 is 6.06. The zero-order chi connectivity index (χ0) is 14.7. The van der Waals surface area contributed by atoms with Gasteiger partial charge in [0.25, 0.3) is 0 Å². The lowest BCUT2D eigenvalue weighted by atomic mass is 10.2. The van der Waals surface area contributed by atoms with Crippen LogP contribution in [0.3, 0.4) is 0 Å². The highest BCUT2D eigenvalue weighted by atomic mass is 35.5. The highest BCUT2D eigenvalue weighted by molar-refractivity contribution is 6.33. The van der Waals surface area contributed by atoms with Crippen LogP contribution in [0.5, 0.6) is 0 Å². The molecule has 0 saturated carbocycles. The maximum atomic E-state index is 13.1. The van der Waals surface area contributed by atoms with E-state index in [1.807, 2.05) is 13.0 Å². The van der Waals surface area contributed by atoms with Crippen molar-refractivity contribution in [1.29, 1.82) is 0 Å². The van der Waals surface area contributed by atoms with Crippen LogP contribution >= 0.6 is 11.6 Å². The molecule has 0 spiro atoms. The number of hydrogen-bond donors (Lipinski definition) is 1. The van der Waals surface area contributed by atoms with Crippen LogP contribution in [0.1, 0.15) is 25.2 Å². The maximum absolute atomic E-state index is 13.1. The Kier molecular flexibility index (Phi) is 4.68. The number of rotatable bonds is 4. The Bertz CT molecular complexity index is 614. The topological polar surface area (TPSA) is 37.8 Å². The van der Waals surface area contributed by atoms with Crippen molar-refractivity contribution in [3.8, 4) is 11.4 Å². The van der Waals surface area contributed by atoms with Crippen LogP contribution in [0.4, 0.5) is 4.39 Å². The molecule has 106 valence electrons. The summed E-state index contributed by atoms with van der Waals surface area (Å²) in [6, 6.07) is 6.54. The summed E-state index contributed by atoms with van der Waals surface area (Å²) in [6.07, 6.45) is 0. The molecular formula is C15H17ClFN3. The third-order valence-electron chi connectivity index (χ3n) is 2.77. The van der Waals surface area contributed by atoms with Crippen molar-refractivity contribution in [2.45, 2.75) is 33.4 Å². The van der Waals surface area contributed by atoms with Gasteiger partial charge in [0.05, 0.1) is 10.7 Å². The molecule has 0 unspecified atom stereocenters. The van der Waals surface area contributed by atoms with Gasteiger partial charge in [-0.3, -0.25) is 0 Å². The number of nitrogens with one attached hydrogen (secondary N) is 1. The van der Waals surface area contributed by atoms with Gasteiger partial charge in [-0.25, -0.2) is 14.4 Å². The van der Waals surface area contributed by atoms with Gasteiger partial charge in [0.15, 0.2) is 5.82 Å². The first-order valence-corrected chi connectivity index (χ1v) is 6.87. The standard InChI is InChI=1S/C15H17ClFN3/c1-9(2)18-8-12-6-10(3)19-15(20-12)13-5-4-11(17)7-14(13)16/h4-7,9,18H,8H2,1-3H3. The van der Waals surface area contributed by atoms with Gasteiger partial charge in [0, 0.05) is 23.8 Å². The third kappa shape index (κ3) is 3.74. The summed E-state index contributed by atoms with van der Waals surface area (Å²) in [5.74, 6) is 0.156. The van der Waals surface area contributed by atoms with E-state index in [4.69, 9.17) is 11.6 Å². The van der Waals surface area contributed by atoms with E-state index in [2.05, 4.69) is 29.1 Å². The maximum Gasteiger partial charge on any atom is 0.161 e. The zero-order valence-electron chi connectivity index (χ0n) is 11.7. The van der Waals surface area contributed by atoms with E-state index >= 15 is 0 Å². The highest BCUT2D eigenvalue weighted by Crippen LogP contribution is 2.26. The lowest BCUT2D eigenvalue weighted by molar-refractivity contribution is 0.580. The van der Waals surface area contributed by atoms with E-state index in [0.717, 1.165) is 11.4 Å². The van der Waals surface area contributed by atoms with Gasteiger partial charge < -0.3 is 5.32 Å². The van der Waals surface area contributed by atoms with Gasteiger partial charge in [-0.1, -0.05) is 25.4 Å². The van der Waals surface area contributed by atoms with Gasteiger partial charge >= 0.3 is 0 Å². The molecule has 1 aromatic carbocycles. The van der Waals surface area contributed by atoms with Crippen LogP contribution in [0.15, 0.2) is 24.3 Å². The Morgan fingerprint density at radius 3 is 2.65 bits per heavy atom. The summed E-state index contributed by atoms with van der Waals surface area (Å²) in [5, 5.41) is 3.63. The van der Waals surface area contributed by atoms with Gasteiger partial charge in [-0.15, -0.1) is 0 Å². The number of aryl methyl sites for hydroxylation is 1. The van der Waals surface area contributed by atoms with Crippen molar-refractivity contribution in [2.75, 3.05) is 0 Å². The molecular weight excluding hydrogens is 277 g/mol. The van der Waals surface area contributed by atoms with Gasteiger partial charge in [-0.05, 0) is 31.2 Å². The summed E-state index contributed by atoms with van der Waals surface area (Å²) in [5.41, 5.74) is 2.39. The molecule has 0 aliphatic carbocycles. The number of aromatic nitrogens is 2. The van der Waals surface area contributed by atoms with Crippen LogP contribution < -0.4 is 5.32 Å². The second kappa shape index (κ2) is 6.29. The molecule has 0 radical (unpaired) electrons. The Balaban J connectivity index is 2.36. The molecule has 1 heterocycles. The summed E-state index contributed by atoms with van der Waals surface area (Å²) < 4.78 is 13.1. The van der Waals surface area contributed by atoms with Crippen LogP contribution in [0, 0.1) is 12.7 Å². The molecule has 0 aliphatic heterocycles. The van der Waals surface area contributed by atoms with Gasteiger partial charge in [0.1, 0.15) is 5.82 Å². The van der Waals surface area contributed by atoms with Crippen molar-refractivity contribution in [1.82, 2.24) is 15.3 Å². The van der Waals surface area contributed by atoms with E-state index in [1.54, 1.807) is 6.07 Å². The Labute approximate surface area is 123 Å². The summed E-state index contributed by atoms with van der Waals surface area (Å²) in [6.45, 7) is 6.71. The molecule has 20 heavy (non-hydrogen) atoms. The molecule has 5 heteroatoms. The minimum Gasteiger partial charge on any atom is -0.309 e. The first-order chi connectivity index (χ1) is 9.45. The number of nitrogens with zero attached hydrogens (tertiary/aromatic N) is 2. The first-order valence-electron chi connectivity index (χ1n) is 6.49. The van der Waals surface area contributed by atoms with Crippen LogP contribution in [0.2, 0.25) is 5.02 Å². The molecule has 0 aliphatic rings. The minimum absolute atomic E-state index is 0.318. The third-order valence-corrected chi connectivity index (χ3v) is 3.08.